The van der Waals surface area contributed by atoms with Crippen LogP contribution in [0.25, 0.3) is 0 Å². The molecule has 1 heterocycles. The van der Waals surface area contributed by atoms with Crippen LogP contribution < -0.4 is 10.5 Å². The molecule has 0 aliphatic heterocycles. The molecule has 0 radical (unpaired) electrons. The summed E-state index contributed by atoms with van der Waals surface area (Å²) in [6.45, 7) is 1.93. The van der Waals surface area contributed by atoms with Crippen LogP contribution in [0.4, 0.5) is 0 Å². The van der Waals surface area contributed by atoms with Crippen LogP contribution in [0.3, 0.4) is 0 Å². The Kier molecular flexibility index (Phi) is 4.23. The van der Waals surface area contributed by atoms with Gasteiger partial charge in [-0.15, -0.1) is 0 Å². The van der Waals surface area contributed by atoms with Crippen molar-refractivity contribution in [3.05, 3.63) is 48.3 Å². The molecule has 0 amide bonds. The molecule has 0 aliphatic rings. The standard InChI is InChI=1S/C14H16N2OS/c1-10(15)12-8-7-11(9-16-12)18-14-6-4-3-5-13(14)17-2/h3-10H,15H2,1-2H3/t10-/m1/s1. The second-order valence-corrected chi connectivity index (χ2v) is 5.08. The van der Waals surface area contributed by atoms with Gasteiger partial charge in [0.2, 0.25) is 0 Å². The van der Waals surface area contributed by atoms with E-state index in [1.165, 1.54) is 0 Å². The van der Waals surface area contributed by atoms with Crippen LogP contribution >= 0.6 is 11.8 Å². The monoisotopic (exact) mass is 260 g/mol. The minimum Gasteiger partial charge on any atom is -0.496 e. The lowest BCUT2D eigenvalue weighted by Crippen LogP contribution is -2.06. The zero-order valence-corrected chi connectivity index (χ0v) is 11.3. The Morgan fingerprint density at radius 3 is 2.61 bits per heavy atom. The van der Waals surface area contributed by atoms with Crippen LogP contribution in [0.1, 0.15) is 18.7 Å². The molecule has 3 nitrogen and oxygen atoms in total. The van der Waals surface area contributed by atoms with Crippen molar-refractivity contribution in [1.82, 2.24) is 4.98 Å². The summed E-state index contributed by atoms with van der Waals surface area (Å²) < 4.78 is 5.32. The highest BCUT2D eigenvalue weighted by Crippen LogP contribution is 2.34. The number of nitrogens with zero attached hydrogens (tertiary/aromatic N) is 1. The number of hydrogen-bond acceptors (Lipinski definition) is 4. The molecule has 94 valence electrons. The number of methoxy groups -OCH3 is 1. The molecule has 0 fully saturated rings. The lowest BCUT2D eigenvalue weighted by molar-refractivity contribution is 0.405. The molecule has 0 bridgehead atoms. The van der Waals surface area contributed by atoms with Gasteiger partial charge in [-0.1, -0.05) is 23.9 Å². The minimum atomic E-state index is -0.0321. The Morgan fingerprint density at radius 1 is 1.22 bits per heavy atom. The van der Waals surface area contributed by atoms with E-state index in [0.29, 0.717) is 0 Å². The highest BCUT2D eigenvalue weighted by atomic mass is 32.2. The molecule has 1 aromatic carbocycles. The molecule has 0 spiro atoms. The fourth-order valence-electron chi connectivity index (χ4n) is 1.55. The molecule has 0 aliphatic carbocycles. The second-order valence-electron chi connectivity index (χ2n) is 3.96. The van der Waals surface area contributed by atoms with Crippen molar-refractivity contribution >= 4 is 11.8 Å². The lowest BCUT2D eigenvalue weighted by Gasteiger charge is -2.08. The van der Waals surface area contributed by atoms with Crippen molar-refractivity contribution in [3.63, 3.8) is 0 Å². The zero-order chi connectivity index (χ0) is 13.0. The summed E-state index contributed by atoms with van der Waals surface area (Å²) >= 11 is 1.63. The van der Waals surface area contributed by atoms with Gasteiger partial charge >= 0.3 is 0 Å². The molecule has 0 saturated heterocycles. The molecule has 0 unspecified atom stereocenters. The fraction of sp³-hybridized carbons (Fsp3) is 0.214. The molecule has 1 aromatic heterocycles. The number of rotatable bonds is 4. The van der Waals surface area contributed by atoms with Gasteiger partial charge in [0.1, 0.15) is 5.75 Å². The summed E-state index contributed by atoms with van der Waals surface area (Å²) in [7, 11) is 1.68. The second kappa shape index (κ2) is 5.89. The van der Waals surface area contributed by atoms with Gasteiger partial charge in [-0.3, -0.25) is 4.98 Å². The molecular weight excluding hydrogens is 244 g/mol. The maximum Gasteiger partial charge on any atom is 0.132 e. The van der Waals surface area contributed by atoms with Gasteiger partial charge in [-0.25, -0.2) is 0 Å². The van der Waals surface area contributed by atoms with Crippen LogP contribution in [-0.2, 0) is 0 Å². The predicted octanol–water partition coefficient (Wildman–Crippen LogP) is 3.26. The number of ether oxygens (including phenoxy) is 1. The molecule has 18 heavy (non-hydrogen) atoms. The van der Waals surface area contributed by atoms with Gasteiger partial charge < -0.3 is 10.5 Å². The van der Waals surface area contributed by atoms with E-state index in [1.807, 2.05) is 49.5 Å². The van der Waals surface area contributed by atoms with Crippen molar-refractivity contribution in [1.29, 1.82) is 0 Å². The first-order valence-corrected chi connectivity index (χ1v) is 6.54. The summed E-state index contributed by atoms with van der Waals surface area (Å²) in [5, 5.41) is 0. The van der Waals surface area contributed by atoms with Crippen molar-refractivity contribution in [3.8, 4) is 5.75 Å². The van der Waals surface area contributed by atoms with Crippen LogP contribution in [0.2, 0.25) is 0 Å². The van der Waals surface area contributed by atoms with E-state index >= 15 is 0 Å². The largest absolute Gasteiger partial charge is 0.496 e. The first kappa shape index (κ1) is 12.9. The lowest BCUT2D eigenvalue weighted by atomic mass is 10.2. The third-order valence-electron chi connectivity index (χ3n) is 2.52. The number of aromatic nitrogens is 1. The van der Waals surface area contributed by atoms with Crippen molar-refractivity contribution in [2.75, 3.05) is 7.11 Å². The van der Waals surface area contributed by atoms with Gasteiger partial charge in [0.05, 0.1) is 17.7 Å². The molecule has 2 N–H and O–H groups in total. The molecule has 1 atom stereocenters. The van der Waals surface area contributed by atoms with Gasteiger partial charge in [0.15, 0.2) is 0 Å². The van der Waals surface area contributed by atoms with Crippen LogP contribution in [0.5, 0.6) is 5.75 Å². The maximum atomic E-state index is 5.77. The van der Waals surface area contributed by atoms with Gasteiger partial charge in [0.25, 0.3) is 0 Å². The number of para-hydroxylation sites is 1. The van der Waals surface area contributed by atoms with E-state index in [0.717, 1.165) is 21.2 Å². The van der Waals surface area contributed by atoms with Crippen LogP contribution in [0, 0.1) is 0 Å². The summed E-state index contributed by atoms with van der Waals surface area (Å²) in [5.41, 5.74) is 6.67. The third kappa shape index (κ3) is 3.03. The molecule has 2 rings (SSSR count). The van der Waals surface area contributed by atoms with E-state index in [-0.39, 0.29) is 6.04 Å². The first-order valence-electron chi connectivity index (χ1n) is 5.73. The topological polar surface area (TPSA) is 48.1 Å². The Bertz CT molecular complexity index is 511. The molecular formula is C14H16N2OS. The van der Waals surface area contributed by atoms with Gasteiger partial charge in [0, 0.05) is 17.1 Å². The Labute approximate surface area is 111 Å². The van der Waals surface area contributed by atoms with Crippen molar-refractivity contribution in [2.45, 2.75) is 22.8 Å². The number of hydrogen-bond donors (Lipinski definition) is 1. The van der Waals surface area contributed by atoms with E-state index in [2.05, 4.69) is 4.98 Å². The van der Waals surface area contributed by atoms with Gasteiger partial charge in [-0.05, 0) is 31.2 Å². The average Bonchev–Trinajstić information content (AvgIpc) is 2.40. The molecule has 4 heteroatoms. The summed E-state index contributed by atoms with van der Waals surface area (Å²) in [5.74, 6) is 0.874. The quantitative estimate of drug-likeness (QED) is 0.916. The summed E-state index contributed by atoms with van der Waals surface area (Å²) in [4.78, 5) is 6.50. The predicted molar refractivity (Wildman–Crippen MR) is 74.0 cm³/mol. The Hall–Kier alpha value is -1.52. The maximum absolute atomic E-state index is 5.77. The van der Waals surface area contributed by atoms with Crippen molar-refractivity contribution < 1.29 is 4.74 Å². The summed E-state index contributed by atoms with van der Waals surface area (Å²) in [6.07, 6.45) is 1.84. The van der Waals surface area contributed by atoms with Gasteiger partial charge in [-0.2, -0.15) is 0 Å². The highest BCUT2D eigenvalue weighted by Gasteiger charge is 2.05. The normalized spacial score (nSPS) is 12.2. The highest BCUT2D eigenvalue weighted by molar-refractivity contribution is 7.99. The first-order chi connectivity index (χ1) is 8.70. The Morgan fingerprint density at radius 2 is 2.00 bits per heavy atom. The van der Waals surface area contributed by atoms with Crippen LogP contribution in [0.15, 0.2) is 52.4 Å². The number of nitrogens with two attached hydrogens (primary N) is 1. The van der Waals surface area contributed by atoms with Crippen molar-refractivity contribution in [2.24, 2.45) is 5.73 Å². The fourth-order valence-corrected chi connectivity index (χ4v) is 2.45. The van der Waals surface area contributed by atoms with Crippen LogP contribution in [-0.4, -0.2) is 12.1 Å². The SMILES string of the molecule is COc1ccccc1Sc1ccc([C@@H](C)N)nc1. The smallest absolute Gasteiger partial charge is 0.132 e. The van der Waals surface area contributed by atoms with E-state index in [9.17, 15) is 0 Å². The van der Waals surface area contributed by atoms with E-state index in [4.69, 9.17) is 10.5 Å². The average molecular weight is 260 g/mol. The summed E-state index contributed by atoms with van der Waals surface area (Å²) in [6, 6.07) is 11.9. The molecule has 0 saturated carbocycles. The third-order valence-corrected chi connectivity index (χ3v) is 3.56. The Balaban J connectivity index is 2.18. The van der Waals surface area contributed by atoms with E-state index < -0.39 is 0 Å². The minimum absolute atomic E-state index is 0.0321. The zero-order valence-electron chi connectivity index (χ0n) is 10.5. The molecule has 2 aromatic rings. The van der Waals surface area contributed by atoms with E-state index in [1.54, 1.807) is 18.9 Å². The number of benzene rings is 1. The number of pyridine rings is 1.